The normalized spacial score (nSPS) is 19.5. The van der Waals surface area contributed by atoms with Gasteiger partial charge in [0.05, 0.1) is 57.5 Å². The summed E-state index contributed by atoms with van der Waals surface area (Å²) in [6.07, 6.45) is -1.03. The highest BCUT2D eigenvalue weighted by molar-refractivity contribution is 7.92. The molecule has 0 spiro atoms. The molecule has 4 atom stereocenters. The highest BCUT2D eigenvalue weighted by Gasteiger charge is 2.67. The SMILES string of the molecule is COC[C@@H]1CCCN1c1ccc2c(=O)n(-c3ccc(Cl)c4c(NS(C)(=O)=O)nn(C)c34)c([C@H](Cc3cc(F)cc(F)c3)NC(=O)Cn3nc(C(F)F)c4c3C(F)(F)[C@@H]3C[C@H]43)nc2c1. The lowest BCUT2D eigenvalue weighted by Crippen LogP contribution is -2.38. The second-order valence-electron chi connectivity index (χ2n) is 16.2. The number of benzene rings is 3. The lowest BCUT2D eigenvalue weighted by molar-refractivity contribution is -0.123. The quantitative estimate of drug-likeness (QED) is 0.121. The van der Waals surface area contributed by atoms with Crippen molar-refractivity contribution in [1.29, 1.82) is 0 Å². The van der Waals surface area contributed by atoms with Crippen LogP contribution in [0.1, 0.15) is 66.0 Å². The number of halogens is 7. The van der Waals surface area contributed by atoms with Crippen LogP contribution >= 0.6 is 11.6 Å². The molecular formula is C41H38ClF6N9O5S. The van der Waals surface area contributed by atoms with Crippen LogP contribution in [0.4, 0.5) is 37.8 Å². The Balaban J connectivity index is 1.24. The number of aryl methyl sites for hydroxylation is 1. The van der Waals surface area contributed by atoms with E-state index in [0.717, 1.165) is 35.8 Å². The average molecular weight is 918 g/mol. The van der Waals surface area contributed by atoms with Gasteiger partial charge in [0.25, 0.3) is 17.9 Å². The van der Waals surface area contributed by atoms with Crippen LogP contribution in [0, 0.1) is 17.6 Å². The monoisotopic (exact) mass is 917 g/mol. The number of amides is 1. The van der Waals surface area contributed by atoms with Crippen molar-refractivity contribution in [2.24, 2.45) is 13.0 Å². The van der Waals surface area contributed by atoms with Crippen LogP contribution in [-0.4, -0.2) is 76.0 Å². The number of rotatable bonds is 13. The van der Waals surface area contributed by atoms with Crippen molar-refractivity contribution in [1.82, 2.24) is 34.4 Å². The summed E-state index contributed by atoms with van der Waals surface area (Å²) in [5.41, 5.74) is -1.60. The Bertz CT molecular complexity index is 3010. The maximum atomic E-state index is 15.6. The van der Waals surface area contributed by atoms with E-state index in [1.807, 2.05) is 0 Å². The van der Waals surface area contributed by atoms with Gasteiger partial charge in [0, 0.05) is 50.4 Å². The number of ether oxygens (including phenoxy) is 1. The Morgan fingerprint density at radius 2 is 1.83 bits per heavy atom. The van der Waals surface area contributed by atoms with Gasteiger partial charge in [0.15, 0.2) is 5.82 Å². The van der Waals surface area contributed by atoms with E-state index in [9.17, 15) is 30.8 Å². The molecule has 3 aromatic carbocycles. The van der Waals surface area contributed by atoms with Gasteiger partial charge >= 0.3 is 0 Å². The van der Waals surface area contributed by atoms with Crippen LogP contribution in [0.25, 0.3) is 27.5 Å². The first-order chi connectivity index (χ1) is 29.8. The van der Waals surface area contributed by atoms with Gasteiger partial charge in [-0.05, 0) is 73.2 Å². The molecule has 1 saturated carbocycles. The molecule has 9 rings (SSSR count). The largest absolute Gasteiger partial charge is 0.383 e. The van der Waals surface area contributed by atoms with E-state index < -0.39 is 87.7 Å². The lowest BCUT2D eigenvalue weighted by atomic mass is 10.0. The van der Waals surface area contributed by atoms with E-state index in [1.54, 1.807) is 25.3 Å². The van der Waals surface area contributed by atoms with Gasteiger partial charge in [-0.1, -0.05) is 11.6 Å². The Morgan fingerprint density at radius 1 is 1.08 bits per heavy atom. The summed E-state index contributed by atoms with van der Waals surface area (Å²) in [4.78, 5) is 36.3. The molecule has 63 heavy (non-hydrogen) atoms. The number of carbonyl (C=O) groups is 1. The minimum absolute atomic E-state index is 0.00198. The second kappa shape index (κ2) is 15.5. The highest BCUT2D eigenvalue weighted by atomic mass is 35.5. The van der Waals surface area contributed by atoms with Crippen molar-refractivity contribution in [2.75, 3.05) is 36.1 Å². The summed E-state index contributed by atoms with van der Waals surface area (Å²) >= 11 is 6.65. The summed E-state index contributed by atoms with van der Waals surface area (Å²) in [7, 11) is -0.844. The number of aromatic nitrogens is 6. The molecular weight excluding hydrogens is 880 g/mol. The fraction of sp³-hybridized carbons (Fsp3) is 0.390. The van der Waals surface area contributed by atoms with E-state index in [-0.39, 0.29) is 67.7 Å². The first kappa shape index (κ1) is 42.6. The zero-order chi connectivity index (χ0) is 44.9. The summed E-state index contributed by atoms with van der Waals surface area (Å²) in [6, 6.07) is 9.00. The minimum atomic E-state index is -3.90. The third-order valence-corrected chi connectivity index (χ3v) is 12.7. The molecule has 22 heteroatoms. The Kier molecular flexibility index (Phi) is 10.5. The number of nitrogens with one attached hydrogen (secondary N) is 2. The second-order valence-corrected chi connectivity index (χ2v) is 18.3. The number of methoxy groups -OCH3 is 1. The van der Waals surface area contributed by atoms with Crippen molar-refractivity contribution >= 4 is 60.8 Å². The molecule has 3 aromatic heterocycles. The predicted molar refractivity (Wildman–Crippen MR) is 220 cm³/mol. The van der Waals surface area contributed by atoms with Crippen LogP contribution in [-0.2, 0) is 45.5 Å². The topological polar surface area (TPSA) is 158 Å². The van der Waals surface area contributed by atoms with Crippen LogP contribution in [0.15, 0.2) is 53.3 Å². The van der Waals surface area contributed by atoms with E-state index in [0.29, 0.717) is 29.6 Å². The third-order valence-electron chi connectivity index (χ3n) is 11.9. The molecule has 1 aliphatic heterocycles. The fourth-order valence-electron chi connectivity index (χ4n) is 9.29. The van der Waals surface area contributed by atoms with E-state index in [2.05, 4.69) is 25.1 Å². The van der Waals surface area contributed by atoms with Crippen LogP contribution < -0.4 is 20.5 Å². The van der Waals surface area contributed by atoms with Gasteiger partial charge in [-0.3, -0.25) is 28.2 Å². The zero-order valence-electron chi connectivity index (χ0n) is 33.7. The Hall–Kier alpha value is -5.67. The molecule has 6 aromatic rings. The summed E-state index contributed by atoms with van der Waals surface area (Å²) < 4.78 is 125. The molecule has 0 radical (unpaired) electrons. The number of carbonyl (C=O) groups excluding carboxylic acids is 1. The number of anilines is 2. The van der Waals surface area contributed by atoms with Gasteiger partial charge in [-0.15, -0.1) is 0 Å². The molecule has 0 bridgehead atoms. The lowest BCUT2D eigenvalue weighted by Gasteiger charge is -2.27. The Morgan fingerprint density at radius 3 is 2.52 bits per heavy atom. The number of sulfonamides is 1. The van der Waals surface area contributed by atoms with E-state index >= 15 is 13.6 Å². The van der Waals surface area contributed by atoms with Crippen LogP contribution in [0.5, 0.6) is 0 Å². The molecule has 0 unspecified atom stereocenters. The van der Waals surface area contributed by atoms with Crippen molar-refractivity contribution in [3.8, 4) is 5.69 Å². The molecule has 3 aliphatic rings. The van der Waals surface area contributed by atoms with Crippen molar-refractivity contribution in [2.45, 2.75) is 62.6 Å². The standard InChI is InChI=1S/C41H38ClF6N9O5S/c1-54-35-30(9-8-27(42)33(35)38(52-54)53-63(3,60)61)57-39(50-28-15-22(6-7-24(28)40(57)59)55-10-4-5-23(55)18-62-2)29(13-19-11-20(43)14-21(44)12-19)49-31(58)17-56-36-32(34(51-56)37(45)46)25-16-26(25)41(36,47)48/h6-9,11-12,14-15,23,25-26,29,37H,4-5,10,13,16-18H2,1-3H3,(H,49,58)(H,52,53)/t23-,25-,26+,29-/m0/s1. The molecule has 14 nitrogen and oxygen atoms in total. The molecule has 2 N–H and O–H groups in total. The molecule has 2 aliphatic carbocycles. The van der Waals surface area contributed by atoms with E-state index in [4.69, 9.17) is 21.3 Å². The maximum absolute atomic E-state index is 15.6. The van der Waals surface area contributed by atoms with Crippen molar-refractivity contribution in [3.05, 3.63) is 104 Å². The number of alkyl halides is 4. The zero-order valence-corrected chi connectivity index (χ0v) is 35.3. The number of hydrogen-bond acceptors (Lipinski definition) is 9. The third kappa shape index (κ3) is 7.56. The molecule has 332 valence electrons. The molecule has 4 heterocycles. The molecule has 1 saturated heterocycles. The first-order valence-electron chi connectivity index (χ1n) is 19.8. The van der Waals surface area contributed by atoms with Gasteiger partial charge in [-0.2, -0.15) is 19.0 Å². The Labute approximate surface area is 359 Å². The summed E-state index contributed by atoms with van der Waals surface area (Å²) in [5, 5.41) is 11.0. The van der Waals surface area contributed by atoms with Crippen molar-refractivity contribution in [3.63, 3.8) is 0 Å². The van der Waals surface area contributed by atoms with Gasteiger partial charge in [0.2, 0.25) is 15.9 Å². The minimum Gasteiger partial charge on any atom is -0.383 e. The fourth-order valence-corrected chi connectivity index (χ4v) is 10.0. The molecule has 2 fully saturated rings. The average Bonchev–Trinajstić information content (AvgIpc) is 3.41. The van der Waals surface area contributed by atoms with Gasteiger partial charge < -0.3 is 15.0 Å². The van der Waals surface area contributed by atoms with Crippen LogP contribution in [0.3, 0.4) is 0 Å². The number of hydrogen-bond donors (Lipinski definition) is 2. The smallest absolute Gasteiger partial charge is 0.293 e. The van der Waals surface area contributed by atoms with Gasteiger partial charge in [-0.25, -0.2) is 31.0 Å². The van der Waals surface area contributed by atoms with Crippen LogP contribution in [0.2, 0.25) is 5.02 Å². The van der Waals surface area contributed by atoms with Crippen molar-refractivity contribution < 1.29 is 44.3 Å². The first-order valence-corrected chi connectivity index (χ1v) is 22.1. The molecule has 1 amide bonds. The predicted octanol–water partition coefficient (Wildman–Crippen LogP) is 6.63. The number of fused-ring (bicyclic) bond motifs is 5. The summed E-state index contributed by atoms with van der Waals surface area (Å²) in [5.74, 6) is -8.91. The summed E-state index contributed by atoms with van der Waals surface area (Å²) in [6.45, 7) is 0.129. The van der Waals surface area contributed by atoms with Gasteiger partial charge in [0.1, 0.15) is 35.4 Å². The maximum Gasteiger partial charge on any atom is 0.293 e. The van der Waals surface area contributed by atoms with E-state index in [1.165, 1.54) is 23.9 Å². The number of nitrogens with zero attached hydrogens (tertiary/aromatic N) is 7. The highest BCUT2D eigenvalue weighted by Crippen LogP contribution is 2.68.